The molecule has 0 radical (unpaired) electrons. The molecule has 2 aliphatic heterocycles. The van der Waals surface area contributed by atoms with E-state index in [1.807, 2.05) is 72.7 Å². The molecule has 6 nitrogen and oxygen atoms in total. The fourth-order valence-electron chi connectivity index (χ4n) is 4.75. The van der Waals surface area contributed by atoms with Gasteiger partial charge in [0.15, 0.2) is 0 Å². The molecule has 2 fully saturated rings. The predicted octanol–water partition coefficient (Wildman–Crippen LogP) is 4.44. The van der Waals surface area contributed by atoms with Gasteiger partial charge in [-0.1, -0.05) is 38.1 Å². The molecule has 2 saturated heterocycles. The van der Waals surface area contributed by atoms with Crippen LogP contribution in [0.3, 0.4) is 0 Å². The Morgan fingerprint density at radius 2 is 1.66 bits per heavy atom. The number of ether oxygens (including phenoxy) is 1. The maximum atomic E-state index is 13.2. The Bertz CT molecular complexity index is 831. The maximum Gasteiger partial charge on any atom is 0.495 e. The van der Waals surface area contributed by atoms with Crippen molar-refractivity contribution >= 4 is 18.7 Å². The fraction of sp³-hybridized carbons (Fsp3) is 0.720. The van der Waals surface area contributed by atoms with Crippen molar-refractivity contribution in [2.75, 3.05) is 6.54 Å². The van der Waals surface area contributed by atoms with Crippen LogP contribution in [0.1, 0.15) is 86.8 Å². The molecule has 7 heteroatoms. The highest BCUT2D eigenvalue weighted by Crippen LogP contribution is 2.40. The van der Waals surface area contributed by atoms with Gasteiger partial charge < -0.3 is 24.1 Å². The molecule has 1 N–H and O–H groups in total. The van der Waals surface area contributed by atoms with E-state index in [2.05, 4.69) is 0 Å². The fourth-order valence-corrected chi connectivity index (χ4v) is 4.75. The van der Waals surface area contributed by atoms with Gasteiger partial charge in [-0.15, -0.1) is 0 Å². The summed E-state index contributed by atoms with van der Waals surface area (Å²) in [6.07, 6.45) is 0.741. The Kier molecular flexibility index (Phi) is 6.53. The second kappa shape index (κ2) is 8.34. The second-order valence-electron chi connectivity index (χ2n) is 11.4. The van der Waals surface area contributed by atoms with Crippen molar-refractivity contribution in [2.24, 2.45) is 5.92 Å². The summed E-state index contributed by atoms with van der Waals surface area (Å²) in [7, 11) is -0.496. The molecule has 2 heterocycles. The van der Waals surface area contributed by atoms with Gasteiger partial charge in [0.25, 0.3) is 0 Å². The summed E-state index contributed by atoms with van der Waals surface area (Å²) >= 11 is 0. The molecule has 2 atom stereocenters. The van der Waals surface area contributed by atoms with E-state index in [-0.39, 0.29) is 18.1 Å². The van der Waals surface area contributed by atoms with E-state index in [1.54, 1.807) is 18.7 Å². The van der Waals surface area contributed by atoms with Crippen LogP contribution in [0.2, 0.25) is 0 Å². The summed E-state index contributed by atoms with van der Waals surface area (Å²) in [4.78, 5) is 15.0. The molecule has 32 heavy (non-hydrogen) atoms. The second-order valence-corrected chi connectivity index (χ2v) is 11.4. The molecule has 0 bridgehead atoms. The Morgan fingerprint density at radius 1 is 1.09 bits per heavy atom. The van der Waals surface area contributed by atoms with Gasteiger partial charge in [-0.25, -0.2) is 4.79 Å². The highest BCUT2D eigenvalue weighted by molar-refractivity contribution is 6.62. The topological polar surface area (TPSA) is 68.2 Å². The predicted molar refractivity (Wildman–Crippen MR) is 127 cm³/mol. The molecule has 1 aromatic rings. The number of hydrogen-bond donors (Lipinski definition) is 1. The molecule has 178 valence electrons. The van der Waals surface area contributed by atoms with Gasteiger partial charge in [0.2, 0.25) is 0 Å². The van der Waals surface area contributed by atoms with Gasteiger partial charge in [0.05, 0.1) is 22.8 Å². The molecule has 1 aromatic carbocycles. The van der Waals surface area contributed by atoms with Crippen LogP contribution in [0.5, 0.6) is 0 Å². The summed E-state index contributed by atoms with van der Waals surface area (Å²) in [5.74, 6) is 0.104. The zero-order valence-corrected chi connectivity index (χ0v) is 21.2. The standard InChI is InChI=1S/C25H40BNO5/c1-17(2)25(16-22(4,5)29)14-15-27(21(28)30-25)18(3)19-12-10-11-13-20(19)26-31-23(6,7)24(8,9)32-26/h10-13,17-18,29H,14-16H2,1-9H3. The molecule has 0 aliphatic carbocycles. The van der Waals surface area contributed by atoms with Gasteiger partial charge in [-0.2, -0.15) is 0 Å². The maximum absolute atomic E-state index is 13.2. The van der Waals surface area contributed by atoms with Gasteiger partial charge in [0, 0.05) is 19.4 Å². The molecular weight excluding hydrogens is 405 g/mol. The first-order valence-electron chi connectivity index (χ1n) is 11.7. The number of benzene rings is 1. The van der Waals surface area contributed by atoms with Crippen molar-refractivity contribution in [2.45, 2.75) is 104 Å². The van der Waals surface area contributed by atoms with Crippen molar-refractivity contribution < 1.29 is 23.9 Å². The zero-order valence-electron chi connectivity index (χ0n) is 21.2. The molecule has 2 unspecified atom stereocenters. The first-order chi connectivity index (χ1) is 14.6. The van der Waals surface area contributed by atoms with Crippen molar-refractivity contribution in [3.05, 3.63) is 29.8 Å². The van der Waals surface area contributed by atoms with E-state index in [0.29, 0.717) is 19.4 Å². The van der Waals surface area contributed by atoms with Crippen LogP contribution in [-0.4, -0.2) is 52.2 Å². The zero-order chi connectivity index (χ0) is 24.1. The Hall–Kier alpha value is -1.57. The Labute approximate surface area is 193 Å². The minimum atomic E-state index is -0.915. The van der Waals surface area contributed by atoms with Crippen LogP contribution in [0.15, 0.2) is 24.3 Å². The molecule has 0 saturated carbocycles. The number of rotatable bonds is 6. The highest BCUT2D eigenvalue weighted by atomic mass is 16.7. The summed E-state index contributed by atoms with van der Waals surface area (Å²) < 4.78 is 18.6. The summed E-state index contributed by atoms with van der Waals surface area (Å²) in [5.41, 5.74) is -0.539. The third kappa shape index (κ3) is 4.71. The van der Waals surface area contributed by atoms with Crippen LogP contribution in [0.25, 0.3) is 0 Å². The lowest BCUT2D eigenvalue weighted by molar-refractivity contribution is -0.119. The van der Waals surface area contributed by atoms with E-state index in [0.717, 1.165) is 11.0 Å². The molecule has 3 rings (SSSR count). The largest absolute Gasteiger partial charge is 0.495 e. The van der Waals surface area contributed by atoms with Crippen molar-refractivity contribution in [3.63, 3.8) is 0 Å². The highest BCUT2D eigenvalue weighted by Gasteiger charge is 2.53. The third-order valence-corrected chi connectivity index (χ3v) is 7.51. The lowest BCUT2D eigenvalue weighted by Gasteiger charge is -2.47. The monoisotopic (exact) mass is 445 g/mol. The van der Waals surface area contributed by atoms with Gasteiger partial charge in [-0.05, 0) is 65.4 Å². The van der Waals surface area contributed by atoms with E-state index >= 15 is 0 Å². The molecule has 0 aromatic heterocycles. The number of aliphatic hydroxyl groups is 1. The minimum Gasteiger partial charge on any atom is -0.442 e. The lowest BCUT2D eigenvalue weighted by Crippen LogP contribution is -2.55. The van der Waals surface area contributed by atoms with Crippen LogP contribution in [-0.2, 0) is 14.0 Å². The number of hydrogen-bond acceptors (Lipinski definition) is 5. The number of carbonyl (C=O) groups is 1. The smallest absolute Gasteiger partial charge is 0.442 e. The Balaban J connectivity index is 1.84. The van der Waals surface area contributed by atoms with Crippen LogP contribution < -0.4 is 5.46 Å². The average molecular weight is 445 g/mol. The molecular formula is C25H40BNO5. The SMILES string of the molecule is CC(c1ccccc1B1OC(C)(C)C(C)(C)O1)N1CCC(CC(C)(C)O)(C(C)C)OC1=O. The van der Waals surface area contributed by atoms with Crippen LogP contribution in [0.4, 0.5) is 4.79 Å². The number of cyclic esters (lactones) is 1. The summed E-state index contributed by atoms with van der Waals surface area (Å²) in [5, 5.41) is 10.4. The van der Waals surface area contributed by atoms with Crippen LogP contribution in [0, 0.1) is 5.92 Å². The third-order valence-electron chi connectivity index (χ3n) is 7.51. The van der Waals surface area contributed by atoms with Gasteiger partial charge in [0.1, 0.15) is 5.60 Å². The van der Waals surface area contributed by atoms with E-state index in [9.17, 15) is 9.90 Å². The van der Waals surface area contributed by atoms with Crippen molar-refractivity contribution in [1.82, 2.24) is 4.90 Å². The van der Waals surface area contributed by atoms with Crippen LogP contribution >= 0.6 is 0 Å². The first-order valence-corrected chi connectivity index (χ1v) is 11.7. The summed E-state index contributed by atoms with van der Waals surface area (Å²) in [6, 6.07) is 7.78. The lowest BCUT2D eigenvalue weighted by atomic mass is 9.74. The summed E-state index contributed by atoms with van der Waals surface area (Å²) in [6.45, 7) is 18.4. The quantitative estimate of drug-likeness (QED) is 0.656. The number of nitrogens with zero attached hydrogens (tertiary/aromatic N) is 1. The average Bonchev–Trinajstić information content (AvgIpc) is 2.87. The van der Waals surface area contributed by atoms with Crippen molar-refractivity contribution in [1.29, 1.82) is 0 Å². The van der Waals surface area contributed by atoms with Crippen molar-refractivity contribution in [3.8, 4) is 0 Å². The number of amides is 1. The first kappa shape index (κ1) is 25.1. The van der Waals surface area contributed by atoms with E-state index in [1.165, 1.54) is 0 Å². The minimum absolute atomic E-state index is 0.104. The molecule has 2 aliphatic rings. The molecule has 0 spiro atoms. The van der Waals surface area contributed by atoms with Gasteiger partial charge in [-0.3, -0.25) is 0 Å². The number of carbonyl (C=O) groups excluding carboxylic acids is 1. The normalized spacial score (nSPS) is 26.4. The van der Waals surface area contributed by atoms with E-state index in [4.69, 9.17) is 14.0 Å². The molecule has 1 amide bonds. The van der Waals surface area contributed by atoms with E-state index < -0.39 is 29.5 Å². The Morgan fingerprint density at radius 3 is 2.16 bits per heavy atom. The van der Waals surface area contributed by atoms with Gasteiger partial charge >= 0.3 is 13.2 Å².